The lowest BCUT2D eigenvalue weighted by molar-refractivity contribution is 0.0479. The van der Waals surface area contributed by atoms with Crippen LogP contribution in [0.4, 0.5) is 4.79 Å². The Balaban J connectivity index is 2.27. The lowest BCUT2D eigenvalue weighted by Crippen LogP contribution is -2.41. The van der Waals surface area contributed by atoms with Crippen molar-refractivity contribution in [2.24, 2.45) is 11.7 Å². The van der Waals surface area contributed by atoms with Crippen molar-refractivity contribution in [3.05, 3.63) is 0 Å². The summed E-state index contributed by atoms with van der Waals surface area (Å²) >= 11 is 0. The molecule has 1 aliphatic rings. The lowest BCUT2D eigenvalue weighted by Gasteiger charge is -2.25. The van der Waals surface area contributed by atoms with Crippen molar-refractivity contribution >= 4 is 6.09 Å². The molecule has 1 amide bonds. The molecule has 1 fully saturated rings. The number of nitrogens with one attached hydrogen (secondary N) is 1. The third kappa shape index (κ3) is 3.93. The highest BCUT2D eigenvalue weighted by atomic mass is 16.5. The van der Waals surface area contributed by atoms with Crippen LogP contribution in [0.15, 0.2) is 0 Å². The number of rotatable bonds is 4. The monoisotopic (exact) mass is 202 g/mol. The highest BCUT2D eigenvalue weighted by Gasteiger charge is 2.19. The van der Waals surface area contributed by atoms with Gasteiger partial charge >= 0.3 is 6.09 Å². The predicted octanol–water partition coefficient (Wildman–Crippen LogP) is 0.398. The van der Waals surface area contributed by atoms with Gasteiger partial charge in [-0.3, -0.25) is 0 Å². The van der Waals surface area contributed by atoms with Gasteiger partial charge in [-0.25, -0.2) is 4.79 Å². The van der Waals surface area contributed by atoms with Crippen LogP contribution in [0.2, 0.25) is 0 Å². The molecule has 5 heteroatoms. The molecular formula is C9H18N2O3. The first kappa shape index (κ1) is 11.3. The van der Waals surface area contributed by atoms with Gasteiger partial charge in [0.15, 0.2) is 0 Å². The van der Waals surface area contributed by atoms with E-state index in [1.165, 1.54) is 0 Å². The maximum Gasteiger partial charge on any atom is 0.404 e. The summed E-state index contributed by atoms with van der Waals surface area (Å²) in [6.45, 7) is 1.91. The van der Waals surface area contributed by atoms with E-state index in [-0.39, 0.29) is 6.04 Å². The molecule has 0 radical (unpaired) electrons. The Kier molecular flexibility index (Phi) is 4.69. The van der Waals surface area contributed by atoms with Crippen molar-refractivity contribution in [2.75, 3.05) is 19.8 Å². The van der Waals surface area contributed by atoms with Gasteiger partial charge in [-0.05, 0) is 25.2 Å². The molecule has 0 bridgehead atoms. The molecule has 0 saturated carbocycles. The molecule has 82 valence electrons. The molecule has 0 aromatic heterocycles. The van der Waals surface area contributed by atoms with Gasteiger partial charge in [-0.15, -0.1) is 0 Å². The van der Waals surface area contributed by atoms with Gasteiger partial charge in [-0.1, -0.05) is 0 Å². The van der Waals surface area contributed by atoms with Crippen LogP contribution in [0, 0.1) is 5.92 Å². The van der Waals surface area contributed by atoms with Gasteiger partial charge in [0, 0.05) is 25.8 Å². The Morgan fingerprint density at radius 3 is 3.00 bits per heavy atom. The van der Waals surface area contributed by atoms with Crippen molar-refractivity contribution in [3.8, 4) is 0 Å². The lowest BCUT2D eigenvalue weighted by atomic mass is 9.94. The molecule has 1 heterocycles. The van der Waals surface area contributed by atoms with Crippen LogP contribution in [0.1, 0.15) is 19.3 Å². The van der Waals surface area contributed by atoms with E-state index in [1.54, 1.807) is 0 Å². The van der Waals surface area contributed by atoms with E-state index in [4.69, 9.17) is 15.6 Å². The summed E-state index contributed by atoms with van der Waals surface area (Å²) in [4.78, 5) is 10.4. The van der Waals surface area contributed by atoms with Crippen molar-refractivity contribution < 1.29 is 14.6 Å². The average Bonchev–Trinajstić information content (AvgIpc) is 2.17. The Morgan fingerprint density at radius 2 is 2.50 bits per heavy atom. The second-order valence-corrected chi connectivity index (χ2v) is 3.70. The van der Waals surface area contributed by atoms with E-state index in [9.17, 15) is 4.79 Å². The van der Waals surface area contributed by atoms with Crippen LogP contribution in [0.3, 0.4) is 0 Å². The zero-order chi connectivity index (χ0) is 10.4. The normalized spacial score (nSPS) is 24.2. The molecular weight excluding hydrogens is 184 g/mol. The fraction of sp³-hybridized carbons (Fsp3) is 0.889. The summed E-state index contributed by atoms with van der Waals surface area (Å²) in [6, 6.07) is -0.140. The molecule has 1 aliphatic heterocycles. The SMILES string of the molecule is NC[C@H](C[C@H]1CCCOC1)NC(=O)O. The Hall–Kier alpha value is -0.810. The number of ether oxygens (including phenoxy) is 1. The fourth-order valence-electron chi connectivity index (χ4n) is 1.78. The van der Waals surface area contributed by atoms with Crippen molar-refractivity contribution in [3.63, 3.8) is 0 Å². The molecule has 14 heavy (non-hydrogen) atoms. The number of hydrogen-bond donors (Lipinski definition) is 3. The minimum absolute atomic E-state index is 0.140. The number of hydrogen-bond acceptors (Lipinski definition) is 3. The summed E-state index contributed by atoms with van der Waals surface area (Å²) < 4.78 is 5.32. The molecule has 2 atom stereocenters. The van der Waals surface area contributed by atoms with Gasteiger partial charge in [-0.2, -0.15) is 0 Å². The van der Waals surface area contributed by atoms with Crippen LogP contribution in [0.25, 0.3) is 0 Å². The smallest absolute Gasteiger partial charge is 0.404 e. The molecule has 0 aromatic rings. The molecule has 0 aliphatic carbocycles. The highest BCUT2D eigenvalue weighted by molar-refractivity contribution is 5.64. The van der Waals surface area contributed by atoms with Gasteiger partial charge in [0.1, 0.15) is 0 Å². The molecule has 1 rings (SSSR count). The topological polar surface area (TPSA) is 84.6 Å². The first-order valence-corrected chi connectivity index (χ1v) is 4.99. The Morgan fingerprint density at radius 1 is 1.71 bits per heavy atom. The first-order valence-electron chi connectivity index (χ1n) is 4.99. The third-order valence-corrected chi connectivity index (χ3v) is 2.48. The van der Waals surface area contributed by atoms with Crippen LogP contribution in [-0.2, 0) is 4.74 Å². The number of amides is 1. The molecule has 4 N–H and O–H groups in total. The van der Waals surface area contributed by atoms with E-state index in [1.807, 2.05) is 0 Å². The first-order chi connectivity index (χ1) is 6.72. The highest BCUT2D eigenvalue weighted by Crippen LogP contribution is 2.18. The van der Waals surface area contributed by atoms with E-state index in [2.05, 4.69) is 5.32 Å². The fourth-order valence-corrected chi connectivity index (χ4v) is 1.78. The van der Waals surface area contributed by atoms with Gasteiger partial charge in [0.25, 0.3) is 0 Å². The molecule has 0 unspecified atom stereocenters. The molecule has 5 nitrogen and oxygen atoms in total. The van der Waals surface area contributed by atoms with Crippen LogP contribution < -0.4 is 11.1 Å². The van der Waals surface area contributed by atoms with Gasteiger partial charge in [0.2, 0.25) is 0 Å². The quantitative estimate of drug-likeness (QED) is 0.616. The summed E-state index contributed by atoms with van der Waals surface area (Å²) in [5, 5.41) is 11.0. The van der Waals surface area contributed by atoms with Crippen LogP contribution >= 0.6 is 0 Å². The predicted molar refractivity (Wildman–Crippen MR) is 52.2 cm³/mol. The zero-order valence-electron chi connectivity index (χ0n) is 8.24. The summed E-state index contributed by atoms with van der Waals surface area (Å²) in [7, 11) is 0. The van der Waals surface area contributed by atoms with Crippen LogP contribution in [-0.4, -0.2) is 37.0 Å². The molecule has 1 saturated heterocycles. The van der Waals surface area contributed by atoms with Gasteiger partial charge in [0.05, 0.1) is 0 Å². The number of nitrogens with two attached hydrogens (primary N) is 1. The number of carbonyl (C=O) groups is 1. The maximum absolute atomic E-state index is 10.4. The Bertz CT molecular complexity index is 181. The van der Waals surface area contributed by atoms with Crippen LogP contribution in [0.5, 0.6) is 0 Å². The molecule has 0 aromatic carbocycles. The third-order valence-electron chi connectivity index (χ3n) is 2.48. The average molecular weight is 202 g/mol. The summed E-state index contributed by atoms with van der Waals surface area (Å²) in [6.07, 6.45) is 1.95. The van der Waals surface area contributed by atoms with Gasteiger partial charge < -0.3 is 20.9 Å². The number of carboxylic acid groups (broad SMARTS) is 1. The maximum atomic E-state index is 10.4. The minimum Gasteiger partial charge on any atom is -0.465 e. The summed E-state index contributed by atoms with van der Waals surface area (Å²) in [5.74, 6) is 0.448. The second-order valence-electron chi connectivity index (χ2n) is 3.70. The summed E-state index contributed by atoms with van der Waals surface area (Å²) in [5.41, 5.74) is 5.47. The zero-order valence-corrected chi connectivity index (χ0v) is 8.24. The van der Waals surface area contributed by atoms with Crippen molar-refractivity contribution in [1.29, 1.82) is 0 Å². The van der Waals surface area contributed by atoms with E-state index in [0.29, 0.717) is 12.5 Å². The Labute approximate surface area is 83.6 Å². The largest absolute Gasteiger partial charge is 0.465 e. The van der Waals surface area contributed by atoms with E-state index in [0.717, 1.165) is 32.5 Å². The van der Waals surface area contributed by atoms with Crippen molar-refractivity contribution in [2.45, 2.75) is 25.3 Å². The van der Waals surface area contributed by atoms with E-state index >= 15 is 0 Å². The van der Waals surface area contributed by atoms with Crippen molar-refractivity contribution in [1.82, 2.24) is 5.32 Å². The minimum atomic E-state index is -1.00. The second kappa shape index (κ2) is 5.82. The molecule has 0 spiro atoms. The standard InChI is InChI=1S/C9H18N2O3/c10-5-8(11-9(12)13)4-7-2-1-3-14-6-7/h7-8,11H,1-6,10H2,(H,12,13)/t7-,8+/m1/s1. The van der Waals surface area contributed by atoms with E-state index < -0.39 is 6.09 Å².